The van der Waals surface area contributed by atoms with Crippen molar-refractivity contribution in [3.63, 3.8) is 0 Å². The average molecular weight is 288 g/mol. The van der Waals surface area contributed by atoms with Gasteiger partial charge in [-0.1, -0.05) is 45.0 Å². The van der Waals surface area contributed by atoms with Crippen LogP contribution in [0.5, 0.6) is 0 Å². The Morgan fingerprint density at radius 1 is 1.05 bits per heavy atom. The van der Waals surface area contributed by atoms with Crippen LogP contribution in [0.3, 0.4) is 0 Å². The third-order valence-electron chi connectivity index (χ3n) is 5.51. The van der Waals surface area contributed by atoms with Gasteiger partial charge < -0.3 is 5.32 Å². The summed E-state index contributed by atoms with van der Waals surface area (Å²) >= 11 is 0. The van der Waals surface area contributed by atoms with Gasteiger partial charge in [-0.25, -0.2) is 0 Å². The van der Waals surface area contributed by atoms with Crippen molar-refractivity contribution in [1.29, 1.82) is 0 Å². The molecule has 1 N–H and O–H groups in total. The molecule has 1 unspecified atom stereocenters. The molecule has 0 bridgehead atoms. The Kier molecular flexibility index (Phi) is 5.83. The van der Waals surface area contributed by atoms with Gasteiger partial charge in [-0.2, -0.15) is 0 Å². The molecular weight excluding hydrogens is 256 g/mol. The predicted octanol–water partition coefficient (Wildman–Crippen LogP) is 4.16. The summed E-state index contributed by atoms with van der Waals surface area (Å²) in [4.78, 5) is 2.74. The molecule has 1 atom stereocenters. The Bertz CT molecular complexity index is 414. The fraction of sp³-hybridized carbons (Fsp3) is 0.684. The normalized spacial score (nSPS) is 18.1. The van der Waals surface area contributed by atoms with Crippen molar-refractivity contribution in [2.75, 3.05) is 20.1 Å². The third kappa shape index (κ3) is 3.17. The summed E-state index contributed by atoms with van der Waals surface area (Å²) < 4.78 is 0. The molecule has 1 heterocycles. The Labute approximate surface area is 130 Å². The molecule has 0 saturated carbocycles. The fourth-order valence-corrected chi connectivity index (χ4v) is 4.14. The van der Waals surface area contributed by atoms with Crippen LogP contribution < -0.4 is 5.32 Å². The van der Waals surface area contributed by atoms with Crippen molar-refractivity contribution in [1.82, 2.24) is 10.2 Å². The molecule has 0 amide bonds. The van der Waals surface area contributed by atoms with Gasteiger partial charge >= 0.3 is 0 Å². The van der Waals surface area contributed by atoms with E-state index >= 15 is 0 Å². The van der Waals surface area contributed by atoms with Crippen LogP contribution in [0.25, 0.3) is 0 Å². The van der Waals surface area contributed by atoms with Crippen LogP contribution in [-0.4, -0.2) is 30.6 Å². The van der Waals surface area contributed by atoms with E-state index in [1.807, 2.05) is 0 Å². The zero-order valence-electron chi connectivity index (χ0n) is 14.3. The van der Waals surface area contributed by atoms with Crippen LogP contribution in [0.1, 0.15) is 63.6 Å². The van der Waals surface area contributed by atoms with Crippen molar-refractivity contribution in [2.24, 2.45) is 0 Å². The maximum atomic E-state index is 3.63. The molecule has 0 spiro atoms. The largest absolute Gasteiger partial charge is 0.311 e. The first kappa shape index (κ1) is 16.5. The number of rotatable bonds is 7. The minimum absolute atomic E-state index is 0.249. The maximum Gasteiger partial charge on any atom is 0.0504 e. The number of nitrogens with one attached hydrogen (secondary N) is 1. The van der Waals surface area contributed by atoms with Gasteiger partial charge in [0.1, 0.15) is 0 Å². The second-order valence-corrected chi connectivity index (χ2v) is 6.32. The first-order valence-corrected chi connectivity index (χ1v) is 8.73. The van der Waals surface area contributed by atoms with Crippen LogP contribution in [0.4, 0.5) is 0 Å². The lowest BCUT2D eigenvalue weighted by atomic mass is 9.79. The molecule has 0 aliphatic carbocycles. The van der Waals surface area contributed by atoms with E-state index < -0.39 is 0 Å². The molecule has 0 radical (unpaired) electrons. The van der Waals surface area contributed by atoms with Gasteiger partial charge in [-0.15, -0.1) is 0 Å². The first-order chi connectivity index (χ1) is 10.2. The van der Waals surface area contributed by atoms with E-state index in [4.69, 9.17) is 0 Å². The molecule has 1 aromatic rings. The van der Waals surface area contributed by atoms with Crippen molar-refractivity contribution >= 4 is 0 Å². The van der Waals surface area contributed by atoms with E-state index in [2.05, 4.69) is 62.3 Å². The number of likely N-dealkylation sites (tertiary alicyclic amines) is 1. The Balaban J connectivity index is 2.33. The number of benzene rings is 1. The molecule has 1 aliphatic heterocycles. The van der Waals surface area contributed by atoms with Gasteiger partial charge in [0.2, 0.25) is 0 Å². The van der Waals surface area contributed by atoms with E-state index in [1.54, 1.807) is 0 Å². The van der Waals surface area contributed by atoms with Crippen LogP contribution in [-0.2, 0) is 6.42 Å². The lowest BCUT2D eigenvalue weighted by molar-refractivity contribution is 0.0647. The topological polar surface area (TPSA) is 15.3 Å². The fourth-order valence-electron chi connectivity index (χ4n) is 4.14. The minimum atomic E-state index is 0.249. The highest BCUT2D eigenvalue weighted by Crippen LogP contribution is 2.39. The Hall–Kier alpha value is -0.860. The highest BCUT2D eigenvalue weighted by molar-refractivity contribution is 5.28. The van der Waals surface area contributed by atoms with Crippen LogP contribution >= 0.6 is 0 Å². The van der Waals surface area contributed by atoms with Crippen LogP contribution in [0, 0.1) is 0 Å². The quantitative estimate of drug-likeness (QED) is 0.810. The second kappa shape index (κ2) is 7.42. The number of hydrogen-bond donors (Lipinski definition) is 1. The smallest absolute Gasteiger partial charge is 0.0504 e. The number of likely N-dealkylation sites (N-methyl/N-ethyl adjacent to an activating group) is 1. The zero-order chi connectivity index (χ0) is 15.3. The zero-order valence-corrected chi connectivity index (χ0v) is 14.3. The number of nitrogens with zero attached hydrogens (tertiary/aromatic N) is 1. The predicted molar refractivity (Wildman–Crippen MR) is 91.7 cm³/mol. The Morgan fingerprint density at radius 2 is 1.62 bits per heavy atom. The van der Waals surface area contributed by atoms with Crippen molar-refractivity contribution in [2.45, 2.75) is 64.5 Å². The molecule has 2 rings (SSSR count). The summed E-state index contributed by atoms with van der Waals surface area (Å²) in [6, 6.07) is 9.66. The number of aryl methyl sites for hydroxylation is 1. The third-order valence-corrected chi connectivity index (χ3v) is 5.51. The van der Waals surface area contributed by atoms with Gasteiger partial charge in [-0.3, -0.25) is 4.90 Å². The number of hydrogen-bond acceptors (Lipinski definition) is 2. The Morgan fingerprint density at radius 3 is 2.05 bits per heavy atom. The summed E-state index contributed by atoms with van der Waals surface area (Å²) in [7, 11) is 2.12. The van der Waals surface area contributed by atoms with Gasteiger partial charge in [0.25, 0.3) is 0 Å². The molecule has 118 valence electrons. The van der Waals surface area contributed by atoms with E-state index in [0.29, 0.717) is 6.04 Å². The molecule has 1 saturated heterocycles. The van der Waals surface area contributed by atoms with Crippen LogP contribution in [0.15, 0.2) is 24.3 Å². The second-order valence-electron chi connectivity index (χ2n) is 6.32. The standard InChI is InChI=1S/C19H32N2/c1-5-16-10-12-17(13-11-16)18(20-4)19(6-2,7-3)21-14-8-9-15-21/h10-13,18,20H,5-9,14-15H2,1-4H3. The van der Waals surface area contributed by atoms with Crippen LogP contribution in [0.2, 0.25) is 0 Å². The van der Waals surface area contributed by atoms with Gasteiger partial charge in [-0.05, 0) is 63.4 Å². The summed E-state index contributed by atoms with van der Waals surface area (Å²) in [5.41, 5.74) is 3.11. The summed E-state index contributed by atoms with van der Waals surface area (Å²) in [5, 5.41) is 3.63. The van der Waals surface area contributed by atoms with Gasteiger partial charge in [0, 0.05) is 5.54 Å². The molecule has 1 fully saturated rings. The van der Waals surface area contributed by atoms with Crippen molar-refractivity contribution in [3.8, 4) is 0 Å². The van der Waals surface area contributed by atoms with Crippen molar-refractivity contribution in [3.05, 3.63) is 35.4 Å². The van der Waals surface area contributed by atoms with E-state index in [0.717, 1.165) is 6.42 Å². The molecular formula is C19H32N2. The van der Waals surface area contributed by atoms with Crippen molar-refractivity contribution < 1.29 is 0 Å². The lowest BCUT2D eigenvalue weighted by Gasteiger charge is -2.47. The highest BCUT2D eigenvalue weighted by Gasteiger charge is 2.42. The average Bonchev–Trinajstić information content (AvgIpc) is 3.08. The first-order valence-electron chi connectivity index (χ1n) is 8.73. The highest BCUT2D eigenvalue weighted by atomic mass is 15.2. The SMILES string of the molecule is CCc1ccc(C(NC)C(CC)(CC)N2CCCC2)cc1. The molecule has 1 aliphatic rings. The summed E-state index contributed by atoms with van der Waals surface area (Å²) in [5.74, 6) is 0. The molecule has 21 heavy (non-hydrogen) atoms. The van der Waals surface area contributed by atoms with E-state index in [1.165, 1.54) is 49.9 Å². The minimum Gasteiger partial charge on any atom is -0.311 e. The van der Waals surface area contributed by atoms with E-state index in [9.17, 15) is 0 Å². The molecule has 2 heteroatoms. The monoisotopic (exact) mass is 288 g/mol. The summed E-state index contributed by atoms with van der Waals surface area (Å²) in [6.07, 6.45) is 6.22. The molecule has 2 nitrogen and oxygen atoms in total. The van der Waals surface area contributed by atoms with Gasteiger partial charge in [0.05, 0.1) is 6.04 Å². The maximum absolute atomic E-state index is 3.63. The lowest BCUT2D eigenvalue weighted by Crippen LogP contribution is -2.54. The summed E-state index contributed by atoms with van der Waals surface area (Å²) in [6.45, 7) is 9.44. The molecule has 0 aromatic heterocycles. The van der Waals surface area contributed by atoms with E-state index in [-0.39, 0.29) is 5.54 Å². The molecule has 1 aromatic carbocycles. The van der Waals surface area contributed by atoms with Gasteiger partial charge in [0.15, 0.2) is 0 Å².